The molecule has 0 atom stereocenters. The second-order valence-electron chi connectivity index (χ2n) is 6.94. The average molecular weight is 492 g/mol. The minimum absolute atomic E-state index is 0.102. The van der Waals surface area contributed by atoms with Crippen LogP contribution < -0.4 is 10.6 Å². The average Bonchev–Trinajstić information content (AvgIpc) is 3.14. The summed E-state index contributed by atoms with van der Waals surface area (Å²) in [6.07, 6.45) is 1.34. The molecule has 0 aliphatic carbocycles. The molecule has 0 aliphatic heterocycles. The second kappa shape index (κ2) is 11.4. The zero-order valence-corrected chi connectivity index (χ0v) is 20.0. The maximum atomic E-state index is 12.3. The van der Waals surface area contributed by atoms with Crippen LogP contribution in [-0.4, -0.2) is 38.9 Å². The number of amides is 2. The van der Waals surface area contributed by atoms with Crippen LogP contribution in [0.4, 0.5) is 5.69 Å². The highest BCUT2D eigenvalue weighted by Gasteiger charge is 2.13. The topological polar surface area (TPSA) is 88.9 Å². The van der Waals surface area contributed by atoms with Crippen LogP contribution in [0.1, 0.15) is 28.7 Å². The van der Waals surface area contributed by atoms with Crippen LogP contribution in [0.15, 0.2) is 47.6 Å². The van der Waals surface area contributed by atoms with E-state index >= 15 is 0 Å². The number of aryl methyl sites for hydroxylation is 1. The standard InChI is InChI=1S/C22H23Cl2N5O2S/c1-3-14-6-4-5-7-18(14)26-20(30)13-32-22-28-27-19(29(22)2)10-11-25-21(31)15-8-9-16(23)17(24)12-15/h4-9,12H,3,10-11,13H2,1-2H3,(H,25,31)(H,26,30). The van der Waals surface area contributed by atoms with Gasteiger partial charge in [-0.1, -0.05) is 60.1 Å². The Bertz CT molecular complexity index is 1120. The Morgan fingerprint density at radius 2 is 1.88 bits per heavy atom. The van der Waals surface area contributed by atoms with Crippen molar-refractivity contribution < 1.29 is 9.59 Å². The predicted octanol–water partition coefficient (Wildman–Crippen LogP) is 4.39. The summed E-state index contributed by atoms with van der Waals surface area (Å²) in [7, 11) is 1.84. The van der Waals surface area contributed by atoms with Crippen molar-refractivity contribution in [2.24, 2.45) is 7.05 Å². The summed E-state index contributed by atoms with van der Waals surface area (Å²) in [5.41, 5.74) is 2.36. The summed E-state index contributed by atoms with van der Waals surface area (Å²) in [6.45, 7) is 2.43. The van der Waals surface area contributed by atoms with Crippen LogP contribution in [0.5, 0.6) is 0 Å². The summed E-state index contributed by atoms with van der Waals surface area (Å²) < 4.78 is 1.82. The number of anilines is 1. The first-order valence-electron chi connectivity index (χ1n) is 10.0. The van der Waals surface area contributed by atoms with Gasteiger partial charge in [-0.25, -0.2) is 0 Å². The molecule has 2 N–H and O–H groups in total. The van der Waals surface area contributed by atoms with Crippen LogP contribution in [0.2, 0.25) is 10.0 Å². The molecule has 1 heterocycles. The van der Waals surface area contributed by atoms with Crippen LogP contribution in [0, 0.1) is 0 Å². The van der Waals surface area contributed by atoms with E-state index in [1.165, 1.54) is 17.8 Å². The SMILES string of the molecule is CCc1ccccc1NC(=O)CSc1nnc(CCNC(=O)c2ccc(Cl)c(Cl)c2)n1C. The molecule has 2 aromatic carbocycles. The van der Waals surface area contributed by atoms with E-state index in [0.29, 0.717) is 39.6 Å². The number of rotatable bonds is 9. The molecular formula is C22H23Cl2N5O2S. The number of benzene rings is 2. The van der Waals surface area contributed by atoms with Gasteiger partial charge in [0, 0.05) is 31.3 Å². The fourth-order valence-electron chi connectivity index (χ4n) is 2.98. The van der Waals surface area contributed by atoms with Crippen molar-refractivity contribution in [2.45, 2.75) is 24.9 Å². The number of aromatic nitrogens is 3. The summed E-state index contributed by atoms with van der Waals surface area (Å²) in [4.78, 5) is 24.6. The summed E-state index contributed by atoms with van der Waals surface area (Å²) in [6, 6.07) is 12.5. The number of carbonyl (C=O) groups is 2. The van der Waals surface area contributed by atoms with Crippen LogP contribution in [-0.2, 0) is 24.7 Å². The smallest absolute Gasteiger partial charge is 0.251 e. The zero-order chi connectivity index (χ0) is 23.1. The molecule has 0 spiro atoms. The van der Waals surface area contributed by atoms with Crippen molar-refractivity contribution in [1.82, 2.24) is 20.1 Å². The van der Waals surface area contributed by atoms with E-state index in [2.05, 4.69) is 20.8 Å². The van der Waals surface area contributed by atoms with Crippen LogP contribution in [0.3, 0.4) is 0 Å². The fourth-order valence-corrected chi connectivity index (χ4v) is 4.01. The van der Waals surface area contributed by atoms with Gasteiger partial charge in [-0.05, 0) is 36.2 Å². The molecule has 168 valence electrons. The number of para-hydroxylation sites is 1. The molecule has 3 aromatic rings. The minimum atomic E-state index is -0.246. The fraction of sp³-hybridized carbons (Fsp3) is 0.273. The van der Waals surface area contributed by atoms with Gasteiger partial charge in [0.05, 0.1) is 15.8 Å². The minimum Gasteiger partial charge on any atom is -0.352 e. The maximum Gasteiger partial charge on any atom is 0.251 e. The highest BCUT2D eigenvalue weighted by atomic mass is 35.5. The van der Waals surface area contributed by atoms with Crippen molar-refractivity contribution in [3.8, 4) is 0 Å². The van der Waals surface area contributed by atoms with E-state index in [1.807, 2.05) is 42.8 Å². The predicted molar refractivity (Wildman–Crippen MR) is 129 cm³/mol. The number of thioether (sulfide) groups is 1. The molecule has 2 amide bonds. The van der Waals surface area contributed by atoms with Crippen molar-refractivity contribution in [1.29, 1.82) is 0 Å². The molecule has 0 unspecified atom stereocenters. The highest BCUT2D eigenvalue weighted by molar-refractivity contribution is 7.99. The van der Waals surface area contributed by atoms with Crippen molar-refractivity contribution >= 4 is 52.5 Å². The van der Waals surface area contributed by atoms with Gasteiger partial charge >= 0.3 is 0 Å². The highest BCUT2D eigenvalue weighted by Crippen LogP contribution is 2.22. The van der Waals surface area contributed by atoms with E-state index in [4.69, 9.17) is 23.2 Å². The lowest BCUT2D eigenvalue weighted by Crippen LogP contribution is -2.26. The van der Waals surface area contributed by atoms with Gasteiger partial charge in [-0.3, -0.25) is 9.59 Å². The molecule has 1 aromatic heterocycles. The first-order chi connectivity index (χ1) is 15.4. The van der Waals surface area contributed by atoms with E-state index in [9.17, 15) is 9.59 Å². The van der Waals surface area contributed by atoms with E-state index in [0.717, 1.165) is 17.7 Å². The molecule has 3 rings (SSSR count). The summed E-state index contributed by atoms with van der Waals surface area (Å²) in [5, 5.41) is 15.5. The molecule has 7 nitrogen and oxygen atoms in total. The summed E-state index contributed by atoms with van der Waals surface area (Å²) >= 11 is 13.2. The molecule has 10 heteroatoms. The first-order valence-corrected chi connectivity index (χ1v) is 11.7. The zero-order valence-electron chi connectivity index (χ0n) is 17.7. The van der Waals surface area contributed by atoms with Crippen molar-refractivity contribution in [3.05, 3.63) is 69.5 Å². The van der Waals surface area contributed by atoms with Crippen molar-refractivity contribution in [2.75, 3.05) is 17.6 Å². The van der Waals surface area contributed by atoms with E-state index < -0.39 is 0 Å². The van der Waals surface area contributed by atoms with Gasteiger partial charge in [0.1, 0.15) is 5.82 Å². The molecule has 0 saturated carbocycles. The molecule has 0 fully saturated rings. The third kappa shape index (κ3) is 6.25. The Labute approximate surface area is 200 Å². The Balaban J connectivity index is 1.49. The molecule has 0 bridgehead atoms. The Hall–Kier alpha value is -2.55. The largest absolute Gasteiger partial charge is 0.352 e. The van der Waals surface area contributed by atoms with E-state index in [-0.39, 0.29) is 17.6 Å². The monoisotopic (exact) mass is 491 g/mol. The van der Waals surface area contributed by atoms with Gasteiger partial charge in [0.25, 0.3) is 5.91 Å². The number of nitrogens with one attached hydrogen (secondary N) is 2. The number of nitrogens with zero attached hydrogens (tertiary/aromatic N) is 3. The Kier molecular flexibility index (Phi) is 8.55. The molecular weight excluding hydrogens is 469 g/mol. The first kappa shape index (κ1) is 24.1. The van der Waals surface area contributed by atoms with Crippen molar-refractivity contribution in [3.63, 3.8) is 0 Å². The summed E-state index contributed by atoms with van der Waals surface area (Å²) in [5.74, 6) is 0.579. The quantitative estimate of drug-likeness (QED) is 0.433. The van der Waals surface area contributed by atoms with Gasteiger partial charge in [0.15, 0.2) is 5.16 Å². The third-order valence-corrected chi connectivity index (χ3v) is 6.51. The molecule has 0 saturated heterocycles. The normalized spacial score (nSPS) is 10.8. The molecule has 0 radical (unpaired) electrons. The van der Waals surface area contributed by atoms with E-state index in [1.54, 1.807) is 12.1 Å². The number of halogens is 2. The Morgan fingerprint density at radius 3 is 2.62 bits per heavy atom. The van der Waals surface area contributed by atoms with Gasteiger partial charge < -0.3 is 15.2 Å². The number of hydrogen-bond acceptors (Lipinski definition) is 5. The lowest BCUT2D eigenvalue weighted by Gasteiger charge is -2.09. The van der Waals surface area contributed by atoms with Crippen LogP contribution in [0.25, 0.3) is 0 Å². The number of carbonyl (C=O) groups excluding carboxylic acids is 2. The van der Waals surface area contributed by atoms with Gasteiger partial charge in [0.2, 0.25) is 5.91 Å². The lowest BCUT2D eigenvalue weighted by atomic mass is 10.1. The maximum absolute atomic E-state index is 12.3. The van der Waals surface area contributed by atoms with Gasteiger partial charge in [-0.15, -0.1) is 10.2 Å². The molecule has 0 aliphatic rings. The lowest BCUT2D eigenvalue weighted by molar-refractivity contribution is -0.113. The number of hydrogen-bond donors (Lipinski definition) is 2. The van der Waals surface area contributed by atoms with Gasteiger partial charge in [-0.2, -0.15) is 0 Å². The third-order valence-electron chi connectivity index (χ3n) is 4.75. The Morgan fingerprint density at radius 1 is 1.09 bits per heavy atom. The second-order valence-corrected chi connectivity index (χ2v) is 8.70. The molecule has 32 heavy (non-hydrogen) atoms. The van der Waals surface area contributed by atoms with Crippen LogP contribution >= 0.6 is 35.0 Å².